The SMILES string of the molecule is CO[C@H]1C[C@@H](C(=O)NCc2ccccn2)CC[C@@H]1NC(=O)c1ccc2c(c1)OCO2. The van der Waals surface area contributed by atoms with Gasteiger partial charge in [-0.25, -0.2) is 0 Å². The average molecular weight is 411 g/mol. The van der Waals surface area contributed by atoms with Crippen molar-refractivity contribution in [2.24, 2.45) is 5.92 Å². The van der Waals surface area contributed by atoms with E-state index in [0.717, 1.165) is 5.69 Å². The normalized spacial score (nSPS) is 22.4. The lowest BCUT2D eigenvalue weighted by atomic mass is 9.83. The van der Waals surface area contributed by atoms with Crippen molar-refractivity contribution in [2.45, 2.75) is 38.0 Å². The van der Waals surface area contributed by atoms with Crippen molar-refractivity contribution in [3.05, 3.63) is 53.9 Å². The molecular weight excluding hydrogens is 386 g/mol. The van der Waals surface area contributed by atoms with Crippen LogP contribution in [0.5, 0.6) is 11.5 Å². The molecule has 2 amide bonds. The first-order chi connectivity index (χ1) is 14.6. The van der Waals surface area contributed by atoms with Crippen LogP contribution in [-0.2, 0) is 16.1 Å². The summed E-state index contributed by atoms with van der Waals surface area (Å²) in [5, 5.41) is 5.99. The number of hydrogen-bond acceptors (Lipinski definition) is 6. The third kappa shape index (κ3) is 4.54. The van der Waals surface area contributed by atoms with E-state index in [2.05, 4.69) is 15.6 Å². The summed E-state index contributed by atoms with van der Waals surface area (Å²) in [5.41, 5.74) is 1.32. The van der Waals surface area contributed by atoms with E-state index in [1.807, 2.05) is 18.2 Å². The van der Waals surface area contributed by atoms with Crippen LogP contribution in [0.4, 0.5) is 0 Å². The molecule has 1 aromatic heterocycles. The van der Waals surface area contributed by atoms with Gasteiger partial charge >= 0.3 is 0 Å². The van der Waals surface area contributed by atoms with Crippen LogP contribution in [0.25, 0.3) is 0 Å². The molecule has 1 aromatic carbocycles. The fourth-order valence-corrected chi connectivity index (χ4v) is 3.91. The number of hydrogen-bond donors (Lipinski definition) is 2. The molecule has 4 rings (SSSR count). The molecule has 0 spiro atoms. The van der Waals surface area contributed by atoms with Gasteiger partial charge in [0.15, 0.2) is 11.5 Å². The number of fused-ring (bicyclic) bond motifs is 1. The number of nitrogens with zero attached hydrogens (tertiary/aromatic N) is 1. The van der Waals surface area contributed by atoms with E-state index in [4.69, 9.17) is 14.2 Å². The number of benzene rings is 1. The van der Waals surface area contributed by atoms with Crippen LogP contribution in [0.1, 0.15) is 35.3 Å². The minimum atomic E-state index is -0.234. The zero-order valence-corrected chi connectivity index (χ0v) is 16.8. The number of ether oxygens (including phenoxy) is 3. The van der Waals surface area contributed by atoms with E-state index in [0.29, 0.717) is 42.9 Å². The van der Waals surface area contributed by atoms with Crippen LogP contribution in [0, 0.1) is 5.92 Å². The van der Waals surface area contributed by atoms with Crippen molar-refractivity contribution in [3.8, 4) is 11.5 Å². The molecule has 2 aromatic rings. The first-order valence-corrected chi connectivity index (χ1v) is 10.0. The summed E-state index contributed by atoms with van der Waals surface area (Å²) >= 11 is 0. The maximum Gasteiger partial charge on any atom is 0.251 e. The van der Waals surface area contributed by atoms with Gasteiger partial charge in [-0.15, -0.1) is 0 Å². The van der Waals surface area contributed by atoms with Gasteiger partial charge in [0.25, 0.3) is 5.91 Å². The van der Waals surface area contributed by atoms with Gasteiger partial charge in [-0.3, -0.25) is 14.6 Å². The summed E-state index contributed by atoms with van der Waals surface area (Å²) < 4.78 is 16.2. The highest BCUT2D eigenvalue weighted by Crippen LogP contribution is 2.33. The molecule has 30 heavy (non-hydrogen) atoms. The van der Waals surface area contributed by atoms with Crippen molar-refractivity contribution in [1.29, 1.82) is 0 Å². The summed E-state index contributed by atoms with van der Waals surface area (Å²) in [5.74, 6) is 0.844. The standard InChI is InChI=1S/C22H25N3O5/c1-28-19-10-14(21(26)24-12-16-4-2-3-9-23-16)5-7-17(19)25-22(27)15-6-8-18-20(11-15)30-13-29-18/h2-4,6,8-9,11,14,17,19H,5,7,10,12-13H2,1H3,(H,24,26)(H,25,27)/t14-,17-,19-/m0/s1. The molecule has 8 heteroatoms. The van der Waals surface area contributed by atoms with E-state index >= 15 is 0 Å². The Morgan fingerprint density at radius 2 is 2.03 bits per heavy atom. The molecule has 0 unspecified atom stereocenters. The largest absolute Gasteiger partial charge is 0.454 e. The van der Waals surface area contributed by atoms with Crippen LogP contribution in [-0.4, -0.2) is 42.8 Å². The molecule has 1 saturated carbocycles. The molecule has 2 N–H and O–H groups in total. The molecule has 3 atom stereocenters. The van der Waals surface area contributed by atoms with E-state index in [-0.39, 0.29) is 36.7 Å². The first kappa shape index (κ1) is 20.2. The molecule has 158 valence electrons. The first-order valence-electron chi connectivity index (χ1n) is 10.0. The van der Waals surface area contributed by atoms with Gasteiger partial charge in [0.1, 0.15) is 0 Å². The third-order valence-electron chi connectivity index (χ3n) is 5.59. The summed E-state index contributed by atoms with van der Waals surface area (Å²) in [6, 6.07) is 10.6. The van der Waals surface area contributed by atoms with Gasteiger partial charge in [0.2, 0.25) is 12.7 Å². The number of nitrogens with one attached hydrogen (secondary N) is 2. The van der Waals surface area contributed by atoms with Gasteiger partial charge in [-0.1, -0.05) is 6.07 Å². The fourth-order valence-electron chi connectivity index (χ4n) is 3.91. The predicted octanol–water partition coefficient (Wildman–Crippen LogP) is 2.04. The van der Waals surface area contributed by atoms with Crippen molar-refractivity contribution >= 4 is 11.8 Å². The smallest absolute Gasteiger partial charge is 0.251 e. The topological polar surface area (TPSA) is 98.8 Å². The quantitative estimate of drug-likeness (QED) is 0.755. The highest BCUT2D eigenvalue weighted by Gasteiger charge is 2.35. The minimum absolute atomic E-state index is 0.0109. The van der Waals surface area contributed by atoms with Crippen molar-refractivity contribution in [1.82, 2.24) is 15.6 Å². The number of aromatic nitrogens is 1. The van der Waals surface area contributed by atoms with Crippen molar-refractivity contribution in [2.75, 3.05) is 13.9 Å². The Kier molecular flexibility index (Phi) is 6.13. The lowest BCUT2D eigenvalue weighted by molar-refractivity contribution is -0.128. The summed E-state index contributed by atoms with van der Waals surface area (Å²) in [4.78, 5) is 29.5. The second-order valence-corrected chi connectivity index (χ2v) is 7.47. The fraction of sp³-hybridized carbons (Fsp3) is 0.409. The Labute approximate surface area is 174 Å². The summed E-state index contributed by atoms with van der Waals surface area (Å²) in [6.45, 7) is 0.566. The van der Waals surface area contributed by atoms with E-state index in [9.17, 15) is 9.59 Å². The summed E-state index contributed by atoms with van der Waals surface area (Å²) in [7, 11) is 1.61. The number of amides is 2. The van der Waals surface area contributed by atoms with Gasteiger partial charge in [0.05, 0.1) is 24.4 Å². The molecule has 1 fully saturated rings. The summed E-state index contributed by atoms with van der Waals surface area (Å²) in [6.07, 6.45) is 3.37. The second-order valence-electron chi connectivity index (χ2n) is 7.47. The molecular formula is C22H25N3O5. The van der Waals surface area contributed by atoms with Crippen LogP contribution >= 0.6 is 0 Å². The van der Waals surface area contributed by atoms with Gasteiger partial charge < -0.3 is 24.8 Å². The monoisotopic (exact) mass is 411 g/mol. The lowest BCUT2D eigenvalue weighted by Gasteiger charge is -2.35. The molecule has 8 nitrogen and oxygen atoms in total. The Hall–Kier alpha value is -3.13. The molecule has 0 saturated heterocycles. The van der Waals surface area contributed by atoms with Crippen LogP contribution in [0.2, 0.25) is 0 Å². The molecule has 2 aliphatic rings. The number of methoxy groups -OCH3 is 1. The highest BCUT2D eigenvalue weighted by molar-refractivity contribution is 5.95. The van der Waals surface area contributed by atoms with Gasteiger partial charge in [-0.05, 0) is 49.6 Å². The predicted molar refractivity (Wildman–Crippen MR) is 108 cm³/mol. The number of rotatable bonds is 6. The average Bonchev–Trinajstić information content (AvgIpc) is 3.26. The van der Waals surface area contributed by atoms with Gasteiger partial charge in [-0.2, -0.15) is 0 Å². The van der Waals surface area contributed by atoms with Gasteiger partial charge in [0, 0.05) is 24.8 Å². The van der Waals surface area contributed by atoms with Crippen molar-refractivity contribution in [3.63, 3.8) is 0 Å². The third-order valence-corrected chi connectivity index (χ3v) is 5.59. The highest BCUT2D eigenvalue weighted by atomic mass is 16.7. The Morgan fingerprint density at radius 1 is 1.17 bits per heavy atom. The Balaban J connectivity index is 1.32. The zero-order chi connectivity index (χ0) is 20.9. The molecule has 1 aliphatic carbocycles. The molecule has 2 heterocycles. The minimum Gasteiger partial charge on any atom is -0.454 e. The van der Waals surface area contributed by atoms with E-state index in [1.165, 1.54) is 0 Å². The number of carbonyl (C=O) groups is 2. The maximum atomic E-state index is 12.7. The van der Waals surface area contributed by atoms with E-state index in [1.54, 1.807) is 31.5 Å². The Morgan fingerprint density at radius 3 is 2.83 bits per heavy atom. The molecule has 0 bridgehead atoms. The number of pyridine rings is 1. The van der Waals surface area contributed by atoms with Crippen LogP contribution in [0.15, 0.2) is 42.6 Å². The second kappa shape index (κ2) is 9.13. The Bertz CT molecular complexity index is 905. The van der Waals surface area contributed by atoms with Crippen LogP contribution in [0.3, 0.4) is 0 Å². The molecule has 1 aliphatic heterocycles. The number of carbonyl (C=O) groups excluding carboxylic acids is 2. The van der Waals surface area contributed by atoms with Crippen LogP contribution < -0.4 is 20.1 Å². The zero-order valence-electron chi connectivity index (χ0n) is 16.8. The van der Waals surface area contributed by atoms with E-state index < -0.39 is 0 Å². The lowest BCUT2D eigenvalue weighted by Crippen LogP contribution is -2.49. The maximum absolute atomic E-state index is 12.7. The molecule has 0 radical (unpaired) electrons. The van der Waals surface area contributed by atoms with Crippen molar-refractivity contribution < 1.29 is 23.8 Å².